The van der Waals surface area contributed by atoms with Crippen molar-refractivity contribution in [3.05, 3.63) is 35.9 Å². The normalized spacial score (nSPS) is 21.8. The molecule has 0 saturated carbocycles. The minimum absolute atomic E-state index is 0.0712. The van der Waals surface area contributed by atoms with Crippen molar-refractivity contribution in [2.75, 3.05) is 13.1 Å². The van der Waals surface area contributed by atoms with Crippen molar-refractivity contribution in [3.63, 3.8) is 0 Å². The molecule has 3 heteroatoms. The van der Waals surface area contributed by atoms with Crippen molar-refractivity contribution in [3.8, 4) is 0 Å². The highest BCUT2D eigenvalue weighted by molar-refractivity contribution is 5.83. The Morgan fingerprint density at radius 1 is 1.41 bits per heavy atom. The van der Waals surface area contributed by atoms with Crippen molar-refractivity contribution < 1.29 is 4.79 Å². The lowest BCUT2D eigenvalue weighted by Crippen LogP contribution is -2.46. The maximum absolute atomic E-state index is 12.1. The monoisotopic (exact) mass is 232 g/mol. The standard InChI is InChI=1S/C14H20N2O/c1-11(12-6-3-2-4-7-12)14(17)16-13-8-5-9-15-10-13/h2-4,6-7,11,13,15H,5,8-10H2,1H3,(H,16,17)/t11?,13-/m0/s1. The summed E-state index contributed by atoms with van der Waals surface area (Å²) >= 11 is 0. The molecule has 2 rings (SSSR count). The lowest BCUT2D eigenvalue weighted by atomic mass is 9.99. The smallest absolute Gasteiger partial charge is 0.227 e. The molecule has 1 amide bonds. The molecule has 1 aromatic rings. The van der Waals surface area contributed by atoms with Crippen LogP contribution in [0.15, 0.2) is 30.3 Å². The van der Waals surface area contributed by atoms with Crippen LogP contribution in [0.1, 0.15) is 31.2 Å². The lowest BCUT2D eigenvalue weighted by molar-refractivity contribution is -0.123. The van der Waals surface area contributed by atoms with E-state index in [1.807, 2.05) is 37.3 Å². The van der Waals surface area contributed by atoms with Crippen LogP contribution in [0.3, 0.4) is 0 Å². The first-order valence-electron chi connectivity index (χ1n) is 6.33. The second-order valence-electron chi connectivity index (χ2n) is 4.68. The highest BCUT2D eigenvalue weighted by Crippen LogP contribution is 2.15. The fourth-order valence-corrected chi connectivity index (χ4v) is 2.19. The average Bonchev–Trinajstić information content (AvgIpc) is 2.40. The molecule has 3 nitrogen and oxygen atoms in total. The molecule has 2 N–H and O–H groups in total. The Hall–Kier alpha value is -1.35. The number of piperidine rings is 1. The average molecular weight is 232 g/mol. The van der Waals surface area contributed by atoms with Crippen LogP contribution in [0.25, 0.3) is 0 Å². The van der Waals surface area contributed by atoms with Crippen LogP contribution >= 0.6 is 0 Å². The number of hydrogen-bond acceptors (Lipinski definition) is 2. The first-order chi connectivity index (χ1) is 8.27. The van der Waals surface area contributed by atoms with E-state index in [4.69, 9.17) is 0 Å². The van der Waals surface area contributed by atoms with Crippen molar-refractivity contribution in [1.29, 1.82) is 0 Å². The highest BCUT2D eigenvalue weighted by Gasteiger charge is 2.20. The maximum atomic E-state index is 12.1. The fourth-order valence-electron chi connectivity index (χ4n) is 2.19. The molecule has 0 radical (unpaired) electrons. The van der Waals surface area contributed by atoms with Gasteiger partial charge in [-0.15, -0.1) is 0 Å². The Balaban J connectivity index is 1.91. The number of hydrogen-bond donors (Lipinski definition) is 2. The fraction of sp³-hybridized carbons (Fsp3) is 0.500. The first kappa shape index (κ1) is 12.1. The van der Waals surface area contributed by atoms with Crippen LogP contribution in [0.4, 0.5) is 0 Å². The van der Waals surface area contributed by atoms with Crippen molar-refractivity contribution >= 4 is 5.91 Å². The molecular weight excluding hydrogens is 212 g/mol. The van der Waals surface area contributed by atoms with Crippen LogP contribution in [-0.4, -0.2) is 25.0 Å². The molecule has 1 saturated heterocycles. The molecule has 17 heavy (non-hydrogen) atoms. The Bertz CT molecular complexity index is 358. The quantitative estimate of drug-likeness (QED) is 0.832. The summed E-state index contributed by atoms with van der Waals surface area (Å²) in [5, 5.41) is 6.42. The van der Waals surface area contributed by atoms with Gasteiger partial charge in [-0.25, -0.2) is 0 Å². The van der Waals surface area contributed by atoms with Crippen molar-refractivity contribution in [2.45, 2.75) is 31.7 Å². The van der Waals surface area contributed by atoms with Crippen molar-refractivity contribution in [1.82, 2.24) is 10.6 Å². The molecule has 1 aromatic carbocycles. The largest absolute Gasteiger partial charge is 0.352 e. The lowest BCUT2D eigenvalue weighted by Gasteiger charge is -2.25. The second kappa shape index (κ2) is 5.82. The van der Waals surface area contributed by atoms with E-state index in [-0.39, 0.29) is 11.8 Å². The summed E-state index contributed by atoms with van der Waals surface area (Å²) in [6.07, 6.45) is 2.23. The molecule has 1 heterocycles. The van der Waals surface area contributed by atoms with Gasteiger partial charge in [-0.3, -0.25) is 4.79 Å². The van der Waals surface area contributed by atoms with Crippen LogP contribution < -0.4 is 10.6 Å². The number of amides is 1. The van der Waals surface area contributed by atoms with Gasteiger partial charge in [-0.1, -0.05) is 30.3 Å². The molecule has 0 aliphatic carbocycles. The number of benzene rings is 1. The van der Waals surface area contributed by atoms with E-state index in [0.29, 0.717) is 6.04 Å². The van der Waals surface area contributed by atoms with Gasteiger partial charge in [0, 0.05) is 12.6 Å². The zero-order valence-electron chi connectivity index (χ0n) is 10.3. The molecular formula is C14H20N2O. The minimum Gasteiger partial charge on any atom is -0.352 e. The van der Waals surface area contributed by atoms with Crippen LogP contribution in [0, 0.1) is 0 Å². The summed E-state index contributed by atoms with van der Waals surface area (Å²) in [6, 6.07) is 10.2. The molecule has 1 fully saturated rings. The van der Waals surface area contributed by atoms with E-state index in [0.717, 1.165) is 31.5 Å². The zero-order valence-corrected chi connectivity index (χ0v) is 10.3. The highest BCUT2D eigenvalue weighted by atomic mass is 16.1. The third-order valence-corrected chi connectivity index (χ3v) is 3.34. The van der Waals surface area contributed by atoms with Gasteiger partial charge < -0.3 is 10.6 Å². The van der Waals surface area contributed by atoms with Gasteiger partial charge in [0.05, 0.1) is 5.92 Å². The number of carbonyl (C=O) groups excluding carboxylic acids is 1. The molecule has 92 valence electrons. The minimum atomic E-state index is -0.0712. The third kappa shape index (κ3) is 3.30. The summed E-state index contributed by atoms with van der Waals surface area (Å²) in [5.74, 6) is 0.0584. The summed E-state index contributed by atoms with van der Waals surface area (Å²) in [7, 11) is 0. The van der Waals surface area contributed by atoms with E-state index in [2.05, 4.69) is 10.6 Å². The zero-order chi connectivity index (χ0) is 12.1. The SMILES string of the molecule is CC(C(=O)N[C@H]1CCCNC1)c1ccccc1. The van der Waals surface area contributed by atoms with Gasteiger partial charge in [0.2, 0.25) is 5.91 Å². The molecule has 0 aromatic heterocycles. The number of carbonyl (C=O) groups is 1. The Labute approximate surface area is 103 Å². The van der Waals surface area contributed by atoms with Gasteiger partial charge >= 0.3 is 0 Å². The third-order valence-electron chi connectivity index (χ3n) is 3.34. The van der Waals surface area contributed by atoms with Gasteiger partial charge in [0.25, 0.3) is 0 Å². The van der Waals surface area contributed by atoms with Crippen LogP contribution in [-0.2, 0) is 4.79 Å². The summed E-state index contributed by atoms with van der Waals surface area (Å²) in [5.41, 5.74) is 1.08. The molecule has 1 unspecified atom stereocenters. The predicted molar refractivity (Wildman–Crippen MR) is 68.9 cm³/mol. The molecule has 1 aliphatic rings. The predicted octanol–water partition coefficient (Wildman–Crippen LogP) is 1.66. The second-order valence-corrected chi connectivity index (χ2v) is 4.68. The number of nitrogens with one attached hydrogen (secondary N) is 2. The van der Waals surface area contributed by atoms with E-state index >= 15 is 0 Å². The molecule has 0 spiro atoms. The summed E-state index contributed by atoms with van der Waals surface area (Å²) in [4.78, 5) is 12.1. The van der Waals surface area contributed by atoms with Gasteiger partial charge in [-0.2, -0.15) is 0 Å². The van der Waals surface area contributed by atoms with Crippen LogP contribution in [0.2, 0.25) is 0 Å². The van der Waals surface area contributed by atoms with Crippen molar-refractivity contribution in [2.24, 2.45) is 0 Å². The molecule has 0 bridgehead atoms. The van der Waals surface area contributed by atoms with E-state index < -0.39 is 0 Å². The number of rotatable bonds is 3. The van der Waals surface area contributed by atoms with Crippen LogP contribution in [0.5, 0.6) is 0 Å². The van der Waals surface area contributed by atoms with Gasteiger partial charge in [0.1, 0.15) is 0 Å². The van der Waals surface area contributed by atoms with E-state index in [9.17, 15) is 4.79 Å². The van der Waals surface area contributed by atoms with E-state index in [1.165, 1.54) is 0 Å². The molecule has 1 aliphatic heterocycles. The maximum Gasteiger partial charge on any atom is 0.227 e. The van der Waals surface area contributed by atoms with E-state index in [1.54, 1.807) is 0 Å². The van der Waals surface area contributed by atoms with Gasteiger partial charge in [-0.05, 0) is 31.9 Å². The Morgan fingerprint density at radius 2 is 2.18 bits per heavy atom. The summed E-state index contributed by atoms with van der Waals surface area (Å²) in [6.45, 7) is 3.93. The summed E-state index contributed by atoms with van der Waals surface area (Å²) < 4.78 is 0. The first-order valence-corrected chi connectivity index (χ1v) is 6.33. The van der Waals surface area contributed by atoms with Gasteiger partial charge in [0.15, 0.2) is 0 Å². The molecule has 2 atom stereocenters. The Morgan fingerprint density at radius 3 is 2.82 bits per heavy atom. The topological polar surface area (TPSA) is 41.1 Å². The Kier molecular flexibility index (Phi) is 4.15.